The van der Waals surface area contributed by atoms with Gasteiger partial charge in [-0.3, -0.25) is 10.3 Å². The Balaban J connectivity index is 1.76. The van der Waals surface area contributed by atoms with Gasteiger partial charge in [-0.15, -0.1) is 0 Å². The molecule has 1 heterocycles. The Bertz CT molecular complexity index is 982. The maximum Gasteiger partial charge on any atom is 0.126 e. The predicted octanol–water partition coefficient (Wildman–Crippen LogP) is 5.69. The minimum absolute atomic E-state index is 0.0102. The zero-order valence-electron chi connectivity index (χ0n) is 15.1. The van der Waals surface area contributed by atoms with E-state index in [4.69, 9.17) is 4.99 Å². The number of aryl methyl sites for hydroxylation is 1. The van der Waals surface area contributed by atoms with Crippen LogP contribution in [-0.2, 0) is 0 Å². The van der Waals surface area contributed by atoms with Crippen LogP contribution < -0.4 is 5.32 Å². The smallest absolute Gasteiger partial charge is 0.126 e. The summed E-state index contributed by atoms with van der Waals surface area (Å²) in [5.41, 5.74) is 5.38. The highest BCUT2D eigenvalue weighted by Gasteiger charge is 2.27. The molecule has 1 aliphatic heterocycles. The summed E-state index contributed by atoms with van der Waals surface area (Å²) in [4.78, 5) is 5.00. The van der Waals surface area contributed by atoms with E-state index in [2.05, 4.69) is 64.6 Å². The van der Waals surface area contributed by atoms with Gasteiger partial charge in [-0.05, 0) is 36.2 Å². The molecule has 0 saturated carbocycles. The minimum atomic E-state index is -0.155. The van der Waals surface area contributed by atoms with Crippen LogP contribution in [0.1, 0.15) is 40.9 Å². The van der Waals surface area contributed by atoms with Crippen molar-refractivity contribution in [2.45, 2.75) is 25.6 Å². The lowest BCUT2D eigenvalue weighted by atomic mass is 9.93. The van der Waals surface area contributed by atoms with Crippen molar-refractivity contribution in [1.29, 1.82) is 0 Å². The van der Waals surface area contributed by atoms with Crippen LogP contribution in [0.15, 0.2) is 82.3 Å². The number of hydrogen-bond acceptors (Lipinski definition) is 3. The minimum Gasteiger partial charge on any atom is -0.508 e. The van der Waals surface area contributed by atoms with Gasteiger partial charge < -0.3 is 5.11 Å². The molecule has 27 heavy (non-hydrogen) atoms. The van der Waals surface area contributed by atoms with Crippen LogP contribution in [0.3, 0.4) is 0 Å². The van der Waals surface area contributed by atoms with Gasteiger partial charge in [0, 0.05) is 28.2 Å². The molecule has 4 heteroatoms. The summed E-state index contributed by atoms with van der Waals surface area (Å²) in [6.07, 6.45) is 0.564. The Kier molecular flexibility index (Phi) is 5.10. The Morgan fingerprint density at radius 3 is 2.52 bits per heavy atom. The van der Waals surface area contributed by atoms with Crippen LogP contribution in [-0.4, -0.2) is 10.8 Å². The fourth-order valence-electron chi connectivity index (χ4n) is 3.45. The monoisotopic (exact) mass is 420 g/mol. The summed E-state index contributed by atoms with van der Waals surface area (Å²) in [6.45, 7) is 2.08. The molecule has 1 aliphatic rings. The van der Waals surface area contributed by atoms with Gasteiger partial charge in [0.05, 0.1) is 0 Å². The molecule has 0 aromatic heterocycles. The standard InChI is InChI=1S/C23H21BrN2O/c1-15-9-11-16(12-10-15)23-25-20(17-5-4-6-18(24)13-17)14-21(26-23)19-7-2-3-8-22(19)27/h2-13,21,23,26-27H,14H2,1H3/t21-,23-/m0/s1. The molecule has 0 bridgehead atoms. The Labute approximate surface area is 167 Å². The molecule has 0 unspecified atom stereocenters. The summed E-state index contributed by atoms with van der Waals surface area (Å²) in [5.74, 6) is 0.313. The summed E-state index contributed by atoms with van der Waals surface area (Å²) in [6, 6.07) is 24.2. The first-order chi connectivity index (χ1) is 13.1. The van der Waals surface area contributed by atoms with Crippen LogP contribution >= 0.6 is 15.9 Å². The molecule has 0 spiro atoms. The fraction of sp³-hybridized carbons (Fsp3) is 0.174. The second-order valence-electron chi connectivity index (χ2n) is 6.88. The van der Waals surface area contributed by atoms with Gasteiger partial charge in [0.1, 0.15) is 11.9 Å². The van der Waals surface area contributed by atoms with Crippen molar-refractivity contribution in [3.63, 3.8) is 0 Å². The number of nitrogens with zero attached hydrogens (tertiary/aromatic N) is 1. The molecule has 3 nitrogen and oxygen atoms in total. The number of phenolic OH excluding ortho intramolecular Hbond substituents is 1. The summed E-state index contributed by atoms with van der Waals surface area (Å²) < 4.78 is 1.03. The maximum atomic E-state index is 10.4. The van der Waals surface area contributed by atoms with Crippen LogP contribution in [0.25, 0.3) is 0 Å². The first-order valence-corrected chi connectivity index (χ1v) is 9.82. The number of halogens is 1. The van der Waals surface area contributed by atoms with Crippen LogP contribution in [0.2, 0.25) is 0 Å². The molecule has 2 N–H and O–H groups in total. The molecular weight excluding hydrogens is 400 g/mol. The first kappa shape index (κ1) is 18.0. The van der Waals surface area contributed by atoms with Crippen LogP contribution in [0.4, 0.5) is 0 Å². The topological polar surface area (TPSA) is 44.6 Å². The van der Waals surface area contributed by atoms with E-state index in [0.29, 0.717) is 5.75 Å². The quantitative estimate of drug-likeness (QED) is 0.571. The van der Waals surface area contributed by atoms with E-state index in [0.717, 1.165) is 33.3 Å². The highest BCUT2D eigenvalue weighted by molar-refractivity contribution is 9.10. The Morgan fingerprint density at radius 1 is 1.00 bits per heavy atom. The van der Waals surface area contributed by atoms with E-state index in [1.54, 1.807) is 6.07 Å². The van der Waals surface area contributed by atoms with Gasteiger partial charge in [0.15, 0.2) is 0 Å². The van der Waals surface area contributed by atoms with Crippen molar-refractivity contribution < 1.29 is 5.11 Å². The van der Waals surface area contributed by atoms with Gasteiger partial charge in [-0.2, -0.15) is 0 Å². The Morgan fingerprint density at radius 2 is 1.78 bits per heavy atom. The second-order valence-corrected chi connectivity index (χ2v) is 7.80. The lowest BCUT2D eigenvalue weighted by molar-refractivity contribution is 0.412. The van der Waals surface area contributed by atoms with Crippen molar-refractivity contribution in [2.75, 3.05) is 0 Å². The first-order valence-electron chi connectivity index (χ1n) is 9.03. The third-order valence-corrected chi connectivity index (χ3v) is 5.40. The van der Waals surface area contributed by atoms with E-state index in [9.17, 15) is 5.11 Å². The number of aliphatic imine (C=N–C) groups is 1. The van der Waals surface area contributed by atoms with E-state index < -0.39 is 0 Å². The third kappa shape index (κ3) is 3.97. The van der Waals surface area contributed by atoms with Gasteiger partial charge in [0.25, 0.3) is 0 Å². The Hall–Kier alpha value is -2.43. The molecule has 3 aromatic rings. The van der Waals surface area contributed by atoms with E-state index in [1.807, 2.05) is 30.3 Å². The molecule has 0 saturated heterocycles. The molecular formula is C23H21BrN2O. The number of phenols is 1. The highest BCUT2D eigenvalue weighted by Crippen LogP contribution is 2.34. The third-order valence-electron chi connectivity index (χ3n) is 4.90. The van der Waals surface area contributed by atoms with Crippen molar-refractivity contribution in [3.05, 3.63) is 99.5 Å². The van der Waals surface area contributed by atoms with Crippen molar-refractivity contribution >= 4 is 21.6 Å². The fourth-order valence-corrected chi connectivity index (χ4v) is 3.85. The lowest BCUT2D eigenvalue weighted by Gasteiger charge is -2.31. The number of hydrogen-bond donors (Lipinski definition) is 2. The normalized spacial score (nSPS) is 19.6. The van der Waals surface area contributed by atoms with Crippen molar-refractivity contribution in [3.8, 4) is 5.75 Å². The predicted molar refractivity (Wildman–Crippen MR) is 113 cm³/mol. The van der Waals surface area contributed by atoms with Gasteiger partial charge in [0.2, 0.25) is 0 Å². The molecule has 0 fully saturated rings. The van der Waals surface area contributed by atoms with Crippen LogP contribution in [0.5, 0.6) is 5.75 Å². The molecule has 3 aromatic carbocycles. The largest absolute Gasteiger partial charge is 0.508 e. The van der Waals surface area contributed by atoms with E-state index >= 15 is 0 Å². The van der Waals surface area contributed by atoms with Crippen molar-refractivity contribution in [2.24, 2.45) is 4.99 Å². The highest BCUT2D eigenvalue weighted by atomic mass is 79.9. The average molecular weight is 421 g/mol. The summed E-state index contributed by atoms with van der Waals surface area (Å²) >= 11 is 3.56. The molecule has 136 valence electrons. The van der Waals surface area contributed by atoms with Gasteiger partial charge in [-0.1, -0.05) is 76.1 Å². The second kappa shape index (κ2) is 7.67. The number of nitrogens with one attached hydrogen (secondary N) is 1. The maximum absolute atomic E-state index is 10.4. The molecule has 0 radical (unpaired) electrons. The summed E-state index contributed by atoms with van der Waals surface area (Å²) in [5, 5.41) is 14.0. The SMILES string of the molecule is Cc1ccc([C@H]2N=C(c3cccc(Br)c3)C[C@@H](c3ccccc3O)N2)cc1. The zero-order valence-corrected chi connectivity index (χ0v) is 16.6. The summed E-state index contributed by atoms with van der Waals surface area (Å²) in [7, 11) is 0. The van der Waals surface area contributed by atoms with Crippen molar-refractivity contribution in [1.82, 2.24) is 5.32 Å². The van der Waals surface area contributed by atoms with Gasteiger partial charge in [-0.25, -0.2) is 0 Å². The number of rotatable bonds is 3. The van der Waals surface area contributed by atoms with E-state index in [1.165, 1.54) is 5.56 Å². The molecule has 2 atom stereocenters. The zero-order chi connectivity index (χ0) is 18.8. The van der Waals surface area contributed by atoms with E-state index in [-0.39, 0.29) is 12.2 Å². The lowest BCUT2D eigenvalue weighted by Crippen LogP contribution is -2.33. The molecule has 4 rings (SSSR count). The molecule has 0 amide bonds. The number of benzene rings is 3. The molecule has 0 aliphatic carbocycles. The number of para-hydroxylation sites is 1. The van der Waals surface area contributed by atoms with Gasteiger partial charge >= 0.3 is 0 Å². The number of aromatic hydroxyl groups is 1. The van der Waals surface area contributed by atoms with Crippen LogP contribution in [0, 0.1) is 6.92 Å². The average Bonchev–Trinajstić information content (AvgIpc) is 2.68.